The Morgan fingerprint density at radius 1 is 0.958 bits per heavy atom. The van der Waals surface area contributed by atoms with E-state index in [1.165, 1.54) is 49.7 Å². The first kappa shape index (κ1) is 16.8. The van der Waals surface area contributed by atoms with Crippen LogP contribution in [0.3, 0.4) is 0 Å². The smallest absolute Gasteiger partial charge is 0.113 e. The van der Waals surface area contributed by atoms with Crippen molar-refractivity contribution in [3.05, 3.63) is 65.0 Å². The van der Waals surface area contributed by atoms with E-state index in [1.807, 2.05) is 19.2 Å². The number of hydrogen-bond acceptors (Lipinski definition) is 1. The van der Waals surface area contributed by atoms with Gasteiger partial charge in [0.1, 0.15) is 5.69 Å². The van der Waals surface area contributed by atoms with Gasteiger partial charge in [-0.15, -0.1) is 0 Å². The highest BCUT2D eigenvalue weighted by Crippen LogP contribution is 2.37. The molecule has 0 aliphatic heterocycles. The molecule has 1 fully saturated rings. The molecule has 1 aliphatic carbocycles. The van der Waals surface area contributed by atoms with Gasteiger partial charge in [0, 0.05) is 11.8 Å². The molecule has 0 spiro atoms. The summed E-state index contributed by atoms with van der Waals surface area (Å²) in [6.07, 6.45) is 10.1. The van der Waals surface area contributed by atoms with E-state index >= 15 is 0 Å². The Bertz CT molecular complexity index is 692. The van der Waals surface area contributed by atoms with Crippen molar-refractivity contribution in [1.29, 1.82) is 0 Å². The van der Waals surface area contributed by atoms with E-state index in [1.54, 1.807) is 0 Å². The fourth-order valence-electron chi connectivity index (χ4n) is 3.71. The van der Waals surface area contributed by atoms with Crippen molar-refractivity contribution in [3.63, 3.8) is 0 Å². The average Bonchev–Trinajstić information content (AvgIpc) is 2.63. The lowest BCUT2D eigenvalue weighted by Gasteiger charge is -2.28. The first-order chi connectivity index (χ1) is 11.7. The number of benzene rings is 1. The first-order valence-corrected chi connectivity index (χ1v) is 9.29. The van der Waals surface area contributed by atoms with Crippen LogP contribution in [0, 0.1) is 24.7 Å². The molecule has 0 atom stereocenters. The molecule has 0 N–H and O–H groups in total. The van der Waals surface area contributed by atoms with Gasteiger partial charge in [-0.05, 0) is 79.7 Å². The zero-order chi connectivity index (χ0) is 16.8. The third-order valence-corrected chi connectivity index (χ3v) is 5.17. The molecule has 0 unspecified atom stereocenters. The molecule has 1 aliphatic rings. The Morgan fingerprint density at radius 3 is 2.33 bits per heavy atom. The van der Waals surface area contributed by atoms with E-state index in [0.717, 1.165) is 23.1 Å². The monoisotopic (exact) mass is 317 g/mol. The summed E-state index contributed by atoms with van der Waals surface area (Å²) in [5, 5.41) is 0. The van der Waals surface area contributed by atoms with Crippen LogP contribution in [0.15, 0.2) is 42.6 Å². The van der Waals surface area contributed by atoms with E-state index in [2.05, 4.69) is 54.1 Å². The van der Waals surface area contributed by atoms with Crippen LogP contribution in [0.2, 0.25) is 0 Å². The zero-order valence-electron chi connectivity index (χ0n) is 14.9. The summed E-state index contributed by atoms with van der Waals surface area (Å²) in [5.74, 6) is 8.09. The molecule has 3 rings (SSSR count). The molecule has 1 heteroatoms. The molecule has 1 aromatic heterocycles. The van der Waals surface area contributed by atoms with Crippen LogP contribution in [0.4, 0.5) is 0 Å². The Hall–Kier alpha value is -2.07. The van der Waals surface area contributed by atoms with Crippen molar-refractivity contribution in [2.75, 3.05) is 0 Å². The van der Waals surface area contributed by atoms with Gasteiger partial charge in [-0.25, -0.2) is 4.98 Å². The maximum absolute atomic E-state index is 4.33. The molecule has 0 amide bonds. The Morgan fingerprint density at radius 2 is 1.71 bits per heavy atom. The fourth-order valence-corrected chi connectivity index (χ4v) is 3.71. The van der Waals surface area contributed by atoms with Crippen LogP contribution in [-0.4, -0.2) is 4.98 Å². The largest absolute Gasteiger partial charge is 0.248 e. The summed E-state index contributed by atoms with van der Waals surface area (Å²) < 4.78 is 0. The van der Waals surface area contributed by atoms with Crippen molar-refractivity contribution in [1.82, 2.24) is 4.98 Å². The Kier molecular flexibility index (Phi) is 5.70. The molecule has 2 aromatic rings. The van der Waals surface area contributed by atoms with Crippen LogP contribution in [0.5, 0.6) is 0 Å². The minimum absolute atomic E-state index is 0.749. The van der Waals surface area contributed by atoms with Crippen molar-refractivity contribution in [3.8, 4) is 11.8 Å². The predicted octanol–water partition coefficient (Wildman–Crippen LogP) is 5.86. The average molecular weight is 317 g/mol. The van der Waals surface area contributed by atoms with Gasteiger partial charge >= 0.3 is 0 Å². The van der Waals surface area contributed by atoms with Crippen LogP contribution in [-0.2, 0) is 0 Å². The lowest BCUT2D eigenvalue weighted by molar-refractivity contribution is 0.308. The molecule has 0 saturated heterocycles. The highest BCUT2D eigenvalue weighted by Gasteiger charge is 2.21. The summed E-state index contributed by atoms with van der Waals surface area (Å²) in [7, 11) is 0. The summed E-state index contributed by atoms with van der Waals surface area (Å²) >= 11 is 0. The first-order valence-electron chi connectivity index (χ1n) is 9.29. The summed E-state index contributed by atoms with van der Waals surface area (Å²) in [6.45, 7) is 4.34. The molecule has 124 valence electrons. The van der Waals surface area contributed by atoms with Crippen molar-refractivity contribution >= 4 is 0 Å². The van der Waals surface area contributed by atoms with Crippen LogP contribution >= 0.6 is 0 Å². The Labute approximate surface area is 146 Å². The second-order valence-electron chi connectivity index (χ2n) is 7.10. The maximum Gasteiger partial charge on any atom is 0.113 e. The predicted molar refractivity (Wildman–Crippen MR) is 101 cm³/mol. The third-order valence-electron chi connectivity index (χ3n) is 5.17. The summed E-state index contributed by atoms with van der Waals surface area (Å²) in [4.78, 5) is 4.33. The molecular weight excluding hydrogens is 290 g/mol. The highest BCUT2D eigenvalue weighted by atomic mass is 14.7. The zero-order valence-corrected chi connectivity index (χ0v) is 14.9. The molecule has 0 radical (unpaired) electrons. The quantitative estimate of drug-likeness (QED) is 0.646. The van der Waals surface area contributed by atoms with Crippen molar-refractivity contribution < 1.29 is 0 Å². The fraction of sp³-hybridized carbons (Fsp3) is 0.435. The van der Waals surface area contributed by atoms with Gasteiger partial charge in [-0.3, -0.25) is 0 Å². The molecule has 1 aromatic carbocycles. The van der Waals surface area contributed by atoms with Gasteiger partial charge in [0.25, 0.3) is 0 Å². The SMILES string of the molecule is CCC[C@H]1CC[C@H](c2ccc(C#Cc3ccc(C)cn3)cc2)CC1. The summed E-state index contributed by atoms with van der Waals surface area (Å²) in [6, 6.07) is 12.9. The van der Waals surface area contributed by atoms with Gasteiger partial charge < -0.3 is 0 Å². The van der Waals surface area contributed by atoms with E-state index in [9.17, 15) is 0 Å². The minimum atomic E-state index is 0.749. The maximum atomic E-state index is 4.33. The van der Waals surface area contributed by atoms with Crippen molar-refractivity contribution in [2.24, 2.45) is 5.92 Å². The molecule has 1 heterocycles. The van der Waals surface area contributed by atoms with E-state index in [-0.39, 0.29) is 0 Å². The lowest BCUT2D eigenvalue weighted by atomic mass is 9.77. The van der Waals surface area contributed by atoms with Gasteiger partial charge in [0.15, 0.2) is 0 Å². The van der Waals surface area contributed by atoms with Gasteiger partial charge in [0.05, 0.1) is 0 Å². The second-order valence-corrected chi connectivity index (χ2v) is 7.10. The van der Waals surface area contributed by atoms with Crippen molar-refractivity contribution in [2.45, 2.75) is 58.3 Å². The molecule has 0 bridgehead atoms. The molecular formula is C23H27N. The molecule has 24 heavy (non-hydrogen) atoms. The lowest BCUT2D eigenvalue weighted by Crippen LogP contribution is -2.13. The number of hydrogen-bond donors (Lipinski definition) is 0. The topological polar surface area (TPSA) is 12.9 Å². The normalized spacial score (nSPS) is 20.2. The summed E-state index contributed by atoms with van der Waals surface area (Å²) in [5.41, 5.74) is 4.56. The third kappa shape index (κ3) is 4.48. The standard InChI is InChI=1S/C23H27N/c1-3-4-19-6-11-21(12-7-19)22-13-8-20(9-14-22)10-16-23-15-5-18(2)17-24-23/h5,8-9,13-15,17,19,21H,3-4,6-7,11-12H2,1-2H3/t19-,21-. The number of rotatable bonds is 3. The van der Waals surface area contributed by atoms with Crippen LogP contribution in [0.1, 0.15) is 73.8 Å². The van der Waals surface area contributed by atoms with E-state index in [4.69, 9.17) is 0 Å². The highest BCUT2D eigenvalue weighted by molar-refractivity contribution is 5.41. The number of aromatic nitrogens is 1. The van der Waals surface area contributed by atoms with Gasteiger partial charge in [-0.1, -0.05) is 43.9 Å². The van der Waals surface area contributed by atoms with Crippen LogP contribution in [0.25, 0.3) is 0 Å². The van der Waals surface area contributed by atoms with Crippen LogP contribution < -0.4 is 0 Å². The number of nitrogens with zero attached hydrogens (tertiary/aromatic N) is 1. The second kappa shape index (κ2) is 8.15. The minimum Gasteiger partial charge on any atom is -0.248 e. The molecule has 1 nitrogen and oxygen atoms in total. The molecule has 1 saturated carbocycles. The van der Waals surface area contributed by atoms with Gasteiger partial charge in [0.2, 0.25) is 0 Å². The Balaban J connectivity index is 1.61. The number of pyridine rings is 1. The van der Waals surface area contributed by atoms with E-state index < -0.39 is 0 Å². The number of aryl methyl sites for hydroxylation is 1. The van der Waals surface area contributed by atoms with E-state index in [0.29, 0.717) is 0 Å². The van der Waals surface area contributed by atoms with Gasteiger partial charge in [-0.2, -0.15) is 0 Å².